The van der Waals surface area contributed by atoms with Gasteiger partial charge in [0.2, 0.25) is 11.8 Å². The Kier molecular flexibility index (Phi) is 11.4. The van der Waals surface area contributed by atoms with Gasteiger partial charge in [-0.15, -0.1) is 0 Å². The fourth-order valence-electron chi connectivity index (χ4n) is 8.01. The summed E-state index contributed by atoms with van der Waals surface area (Å²) in [5.74, 6) is 1.11. The quantitative estimate of drug-likeness (QED) is 0.125. The van der Waals surface area contributed by atoms with Crippen LogP contribution in [0.5, 0.6) is 0 Å². The van der Waals surface area contributed by atoms with Crippen molar-refractivity contribution in [2.75, 3.05) is 27.2 Å². The Morgan fingerprint density at radius 1 is 0.810 bits per heavy atom. The number of hydrogen-bond acceptors (Lipinski definition) is 10. The lowest BCUT2D eigenvalue weighted by Gasteiger charge is -2.33. The number of carbonyl (C=O) groups is 4. The summed E-state index contributed by atoms with van der Waals surface area (Å²) in [6.07, 6.45) is 8.30. The van der Waals surface area contributed by atoms with Crippen molar-refractivity contribution in [3.8, 4) is 34.0 Å². The highest BCUT2D eigenvalue weighted by Gasteiger charge is 2.40. The second-order valence-electron chi connectivity index (χ2n) is 15.6. The summed E-state index contributed by atoms with van der Waals surface area (Å²) in [5, 5.41) is 13.1. The highest BCUT2D eigenvalue weighted by atomic mass is 16.5. The molecule has 4 N–H and O–H groups in total. The van der Waals surface area contributed by atoms with E-state index in [2.05, 4.69) is 35.2 Å². The summed E-state index contributed by atoms with van der Waals surface area (Å²) in [7, 11) is 2.72. The number of alkyl carbamates (subject to hydrolysis) is 1. The van der Waals surface area contributed by atoms with Gasteiger partial charge < -0.3 is 34.9 Å². The smallest absolute Gasteiger partial charge is 0.407 e. The van der Waals surface area contributed by atoms with Gasteiger partial charge in [-0.1, -0.05) is 33.8 Å². The van der Waals surface area contributed by atoms with Crippen LogP contribution in [0.3, 0.4) is 0 Å². The van der Waals surface area contributed by atoms with Gasteiger partial charge in [0, 0.05) is 49.0 Å². The molecule has 4 atom stereocenters. The number of amides is 4. The number of H-pyrrole nitrogens is 2. The number of fused-ring (bicyclic) bond motifs is 1. The minimum atomic E-state index is -1.14. The molecule has 0 saturated carbocycles. The lowest BCUT2D eigenvalue weighted by Crippen LogP contribution is -2.51. The second kappa shape index (κ2) is 16.6. The van der Waals surface area contributed by atoms with Crippen LogP contribution >= 0.6 is 0 Å². The zero-order chi connectivity index (χ0) is 41.2. The van der Waals surface area contributed by atoms with Gasteiger partial charge in [0.1, 0.15) is 29.4 Å². The maximum atomic E-state index is 13.6. The molecule has 6 heterocycles. The standard InChI is InChI=1S/C41H49N11O6/c1-22(2)33(49-40(55)58-6)38(53)51-15-7-9-31(51)36-45-21-30(48-36)25-12-14-28(42-18-25)35-43-19-26-17-24(11-13-27(26)46-35)29-20-44-37(47-29)32-10-8-16-52(32)39(54)34(23(3)4)50(5)41(56)57/h11-14,17-23,31-34H,7-10,15-16H2,1-6H3,(H,44,47)(H,45,48)(H,49,55)(H,56,57)/t31-,32-,33-,34-/m0/s1. The van der Waals surface area contributed by atoms with Gasteiger partial charge in [-0.3, -0.25) is 19.5 Å². The summed E-state index contributed by atoms with van der Waals surface area (Å²) in [6.45, 7) is 8.58. The molecule has 2 aliphatic rings. The summed E-state index contributed by atoms with van der Waals surface area (Å²) in [4.78, 5) is 85.6. The van der Waals surface area contributed by atoms with Gasteiger partial charge in [0.25, 0.3) is 0 Å². The first-order chi connectivity index (χ1) is 27.8. The lowest BCUT2D eigenvalue weighted by molar-refractivity contribution is -0.138. The van der Waals surface area contributed by atoms with E-state index in [1.54, 1.807) is 34.6 Å². The number of likely N-dealkylation sites (N-methyl/N-ethyl adjacent to an activating group) is 1. The van der Waals surface area contributed by atoms with Crippen LogP contribution in [0.4, 0.5) is 9.59 Å². The normalized spacial score (nSPS) is 17.9. The van der Waals surface area contributed by atoms with Crippen LogP contribution < -0.4 is 5.32 Å². The Labute approximate surface area is 335 Å². The molecule has 1 aromatic carbocycles. The third-order valence-corrected chi connectivity index (χ3v) is 11.1. The average molecular weight is 792 g/mol. The van der Waals surface area contributed by atoms with Crippen LogP contribution in [-0.2, 0) is 14.3 Å². The monoisotopic (exact) mass is 791 g/mol. The number of rotatable bonds is 11. The van der Waals surface area contributed by atoms with Gasteiger partial charge in [0.05, 0.1) is 48.5 Å². The Balaban J connectivity index is 1.03. The van der Waals surface area contributed by atoms with Crippen LogP contribution in [-0.4, -0.2) is 118 Å². The van der Waals surface area contributed by atoms with Crippen molar-refractivity contribution < 1.29 is 29.0 Å². The molecule has 5 aromatic rings. The van der Waals surface area contributed by atoms with Crippen LogP contribution in [0, 0.1) is 11.8 Å². The van der Waals surface area contributed by atoms with Crippen LogP contribution in [0.15, 0.2) is 55.1 Å². The molecule has 0 spiro atoms. The van der Waals surface area contributed by atoms with E-state index in [4.69, 9.17) is 9.72 Å². The molecule has 17 heteroatoms. The van der Waals surface area contributed by atoms with E-state index in [0.29, 0.717) is 36.3 Å². The number of carbonyl (C=O) groups excluding carboxylic acids is 3. The SMILES string of the molecule is COC(=O)N[C@H](C(=O)N1CCC[C@H]1c1ncc(-c2ccc(-c3ncc4cc(-c5cnc([C@@H]6CCCN6C(=O)[C@H](C(C)C)N(C)C(=O)O)[nH]5)ccc4n3)nc2)[nH]1)C(C)C. The molecule has 2 saturated heterocycles. The summed E-state index contributed by atoms with van der Waals surface area (Å²) < 4.78 is 4.75. The van der Waals surface area contributed by atoms with Crippen molar-refractivity contribution in [1.29, 1.82) is 0 Å². The van der Waals surface area contributed by atoms with E-state index in [1.807, 2.05) is 58.0 Å². The predicted octanol–water partition coefficient (Wildman–Crippen LogP) is 5.81. The molecule has 4 aromatic heterocycles. The van der Waals surface area contributed by atoms with Crippen molar-refractivity contribution in [2.24, 2.45) is 11.8 Å². The molecule has 0 bridgehead atoms. The highest BCUT2D eigenvalue weighted by Crippen LogP contribution is 2.35. The van der Waals surface area contributed by atoms with Crippen molar-refractivity contribution >= 4 is 34.9 Å². The molecule has 4 amide bonds. The summed E-state index contributed by atoms with van der Waals surface area (Å²) in [5.41, 5.74) is 4.58. The second-order valence-corrected chi connectivity index (χ2v) is 15.6. The molecule has 7 rings (SSSR count). The van der Waals surface area contributed by atoms with Crippen LogP contribution in [0.2, 0.25) is 0 Å². The number of benzene rings is 1. The molecule has 0 unspecified atom stereocenters. The minimum absolute atomic E-state index is 0.125. The Bertz CT molecular complexity index is 2300. The average Bonchev–Trinajstić information content (AvgIpc) is 4.06. The van der Waals surface area contributed by atoms with E-state index >= 15 is 0 Å². The fourth-order valence-corrected chi connectivity index (χ4v) is 8.01. The zero-order valence-electron chi connectivity index (χ0n) is 33.5. The third-order valence-electron chi connectivity index (χ3n) is 11.1. The number of imidazole rings is 2. The molecule has 58 heavy (non-hydrogen) atoms. The maximum Gasteiger partial charge on any atom is 0.407 e. The molecular formula is C41H49N11O6. The lowest BCUT2D eigenvalue weighted by atomic mass is 10.0. The van der Waals surface area contributed by atoms with Gasteiger partial charge in [-0.2, -0.15) is 0 Å². The minimum Gasteiger partial charge on any atom is -0.465 e. The predicted molar refractivity (Wildman–Crippen MR) is 214 cm³/mol. The topological polar surface area (TPSA) is 216 Å². The van der Waals surface area contributed by atoms with Crippen molar-refractivity contribution in [3.05, 3.63) is 66.8 Å². The number of likely N-dealkylation sites (tertiary alicyclic amines) is 2. The first-order valence-electron chi connectivity index (χ1n) is 19.6. The maximum absolute atomic E-state index is 13.6. The number of aromatic nitrogens is 7. The number of nitrogens with one attached hydrogen (secondary N) is 3. The van der Waals surface area contributed by atoms with Gasteiger partial charge in [-0.25, -0.2) is 29.5 Å². The van der Waals surface area contributed by atoms with Crippen molar-refractivity contribution in [2.45, 2.75) is 77.5 Å². The van der Waals surface area contributed by atoms with Gasteiger partial charge in [0.15, 0.2) is 5.82 Å². The zero-order valence-corrected chi connectivity index (χ0v) is 33.5. The first-order valence-corrected chi connectivity index (χ1v) is 19.6. The van der Waals surface area contributed by atoms with Gasteiger partial charge >= 0.3 is 12.2 Å². The first kappa shape index (κ1) is 39.8. The highest BCUT2D eigenvalue weighted by molar-refractivity contribution is 5.87. The van der Waals surface area contributed by atoms with Crippen molar-refractivity contribution in [3.63, 3.8) is 0 Å². The molecule has 0 radical (unpaired) electrons. The van der Waals surface area contributed by atoms with E-state index in [0.717, 1.165) is 64.0 Å². The van der Waals surface area contributed by atoms with E-state index in [9.17, 15) is 24.3 Å². The number of aromatic amines is 2. The van der Waals surface area contributed by atoms with Crippen molar-refractivity contribution in [1.82, 2.24) is 54.9 Å². The molecule has 0 aliphatic carbocycles. The number of carboxylic acid groups (broad SMARTS) is 1. The molecule has 304 valence electrons. The molecule has 2 aliphatic heterocycles. The van der Waals surface area contributed by atoms with Crippen LogP contribution in [0.1, 0.15) is 77.1 Å². The number of pyridine rings is 1. The summed E-state index contributed by atoms with van der Waals surface area (Å²) >= 11 is 0. The fraction of sp³-hybridized carbons (Fsp3) is 0.439. The Hall–Kier alpha value is -6.39. The molecular weight excluding hydrogens is 743 g/mol. The summed E-state index contributed by atoms with van der Waals surface area (Å²) in [6, 6.07) is 7.61. The third kappa shape index (κ3) is 7.93. The van der Waals surface area contributed by atoms with E-state index in [-0.39, 0.29) is 35.7 Å². The largest absolute Gasteiger partial charge is 0.465 e. The number of ether oxygens (including phenoxy) is 1. The number of nitrogens with zero attached hydrogens (tertiary/aromatic N) is 8. The van der Waals surface area contributed by atoms with E-state index in [1.165, 1.54) is 14.2 Å². The van der Waals surface area contributed by atoms with Crippen LogP contribution in [0.25, 0.3) is 44.9 Å². The Morgan fingerprint density at radius 3 is 2.00 bits per heavy atom. The Morgan fingerprint density at radius 2 is 1.43 bits per heavy atom. The molecule has 2 fully saturated rings. The number of hydrogen-bond donors (Lipinski definition) is 4. The molecule has 17 nitrogen and oxygen atoms in total. The van der Waals surface area contributed by atoms with E-state index < -0.39 is 24.3 Å². The number of methoxy groups -OCH3 is 1. The van der Waals surface area contributed by atoms with Gasteiger partial charge in [-0.05, 0) is 61.8 Å².